The minimum Gasteiger partial charge on any atom is -0.496 e. The molecule has 0 aromatic heterocycles. The van der Waals surface area contributed by atoms with Crippen LogP contribution in [0.15, 0.2) is 24.3 Å². The molecule has 0 aliphatic rings. The summed E-state index contributed by atoms with van der Waals surface area (Å²) in [5.74, 6) is 1.75. The van der Waals surface area contributed by atoms with Gasteiger partial charge in [0.25, 0.3) is 0 Å². The molecule has 19 heavy (non-hydrogen) atoms. The molecule has 1 aromatic carbocycles. The van der Waals surface area contributed by atoms with Crippen LogP contribution < -0.4 is 10.1 Å². The summed E-state index contributed by atoms with van der Waals surface area (Å²) in [4.78, 5) is 0. The molecular weight excluding hydrogens is 234 g/mol. The van der Waals surface area contributed by atoms with E-state index in [9.17, 15) is 0 Å². The van der Waals surface area contributed by atoms with Crippen molar-refractivity contribution in [2.24, 2.45) is 5.92 Å². The SMILES string of the molecule is CCC(C)CC(CC)N[C@@H](C)c1ccccc1OC. The van der Waals surface area contributed by atoms with Crippen molar-refractivity contribution in [2.75, 3.05) is 7.11 Å². The van der Waals surface area contributed by atoms with E-state index >= 15 is 0 Å². The monoisotopic (exact) mass is 263 g/mol. The molecule has 0 spiro atoms. The first-order valence-electron chi connectivity index (χ1n) is 7.51. The lowest BCUT2D eigenvalue weighted by Crippen LogP contribution is -2.32. The second kappa shape index (κ2) is 8.21. The number of hydrogen-bond acceptors (Lipinski definition) is 2. The summed E-state index contributed by atoms with van der Waals surface area (Å²) < 4.78 is 5.44. The number of rotatable bonds is 8. The first-order chi connectivity index (χ1) is 9.12. The Bertz CT molecular complexity index is 364. The number of ether oxygens (including phenoxy) is 1. The van der Waals surface area contributed by atoms with E-state index in [-0.39, 0.29) is 0 Å². The summed E-state index contributed by atoms with van der Waals surface area (Å²) in [6, 6.07) is 9.17. The van der Waals surface area contributed by atoms with Gasteiger partial charge in [-0.15, -0.1) is 0 Å². The molecule has 108 valence electrons. The maximum Gasteiger partial charge on any atom is 0.123 e. The highest BCUT2D eigenvalue weighted by molar-refractivity contribution is 5.35. The number of methoxy groups -OCH3 is 1. The fourth-order valence-corrected chi connectivity index (χ4v) is 2.47. The lowest BCUT2D eigenvalue weighted by molar-refractivity contribution is 0.350. The average Bonchev–Trinajstić information content (AvgIpc) is 2.45. The van der Waals surface area contributed by atoms with Crippen molar-refractivity contribution in [1.29, 1.82) is 0 Å². The van der Waals surface area contributed by atoms with Crippen LogP contribution >= 0.6 is 0 Å². The second-order valence-electron chi connectivity index (χ2n) is 5.48. The van der Waals surface area contributed by atoms with E-state index in [0.717, 1.165) is 11.7 Å². The molecule has 0 saturated heterocycles. The lowest BCUT2D eigenvalue weighted by Gasteiger charge is -2.25. The van der Waals surface area contributed by atoms with Gasteiger partial charge >= 0.3 is 0 Å². The fraction of sp³-hybridized carbons (Fsp3) is 0.647. The van der Waals surface area contributed by atoms with Crippen LogP contribution in [0, 0.1) is 5.92 Å². The molecule has 0 bridgehead atoms. The van der Waals surface area contributed by atoms with E-state index < -0.39 is 0 Å². The largest absolute Gasteiger partial charge is 0.496 e. The normalized spacial score (nSPS) is 15.8. The Morgan fingerprint density at radius 1 is 1.11 bits per heavy atom. The summed E-state index contributed by atoms with van der Waals surface area (Å²) in [5, 5.41) is 3.74. The van der Waals surface area contributed by atoms with Crippen molar-refractivity contribution in [3.05, 3.63) is 29.8 Å². The molecule has 0 saturated carbocycles. The Morgan fingerprint density at radius 3 is 2.37 bits per heavy atom. The number of hydrogen-bond donors (Lipinski definition) is 1. The van der Waals surface area contributed by atoms with Gasteiger partial charge in [0, 0.05) is 17.6 Å². The molecule has 0 heterocycles. The van der Waals surface area contributed by atoms with Crippen molar-refractivity contribution in [1.82, 2.24) is 5.32 Å². The Morgan fingerprint density at radius 2 is 1.79 bits per heavy atom. The minimum atomic E-state index is 0.324. The van der Waals surface area contributed by atoms with Crippen molar-refractivity contribution in [2.45, 2.75) is 59.0 Å². The van der Waals surface area contributed by atoms with Gasteiger partial charge in [-0.05, 0) is 31.7 Å². The smallest absolute Gasteiger partial charge is 0.123 e. The first kappa shape index (κ1) is 16.0. The van der Waals surface area contributed by atoms with Gasteiger partial charge in [0.15, 0.2) is 0 Å². The predicted octanol–water partition coefficient (Wildman–Crippen LogP) is 4.56. The van der Waals surface area contributed by atoms with Gasteiger partial charge in [-0.1, -0.05) is 45.4 Å². The van der Waals surface area contributed by atoms with Crippen molar-refractivity contribution in [3.8, 4) is 5.75 Å². The zero-order valence-electron chi connectivity index (χ0n) is 13.1. The van der Waals surface area contributed by atoms with Crippen LogP contribution in [0.25, 0.3) is 0 Å². The number of para-hydroxylation sites is 1. The molecule has 0 aliphatic heterocycles. The minimum absolute atomic E-state index is 0.324. The van der Waals surface area contributed by atoms with Crippen molar-refractivity contribution in [3.63, 3.8) is 0 Å². The molecule has 1 N–H and O–H groups in total. The third kappa shape index (κ3) is 4.87. The van der Waals surface area contributed by atoms with Gasteiger partial charge in [0.1, 0.15) is 5.75 Å². The maximum absolute atomic E-state index is 5.44. The zero-order valence-corrected chi connectivity index (χ0v) is 13.1. The molecular formula is C17H29NO. The fourth-order valence-electron chi connectivity index (χ4n) is 2.47. The van der Waals surface area contributed by atoms with E-state index in [4.69, 9.17) is 4.74 Å². The zero-order chi connectivity index (χ0) is 14.3. The maximum atomic E-state index is 5.44. The van der Waals surface area contributed by atoms with E-state index in [1.165, 1.54) is 24.8 Å². The first-order valence-corrected chi connectivity index (χ1v) is 7.51. The van der Waals surface area contributed by atoms with E-state index in [1.54, 1.807) is 7.11 Å². The summed E-state index contributed by atoms with van der Waals surface area (Å²) in [7, 11) is 1.74. The van der Waals surface area contributed by atoms with Crippen molar-refractivity contribution < 1.29 is 4.74 Å². The highest BCUT2D eigenvalue weighted by atomic mass is 16.5. The molecule has 1 aromatic rings. The average molecular weight is 263 g/mol. The molecule has 2 nitrogen and oxygen atoms in total. The standard InChI is InChI=1S/C17H29NO/c1-6-13(3)12-15(7-2)18-14(4)16-10-8-9-11-17(16)19-5/h8-11,13-15,18H,6-7,12H2,1-5H3/t13?,14-,15?/m0/s1. The Kier molecular flexibility index (Phi) is 6.93. The molecule has 3 atom stereocenters. The third-order valence-corrected chi connectivity index (χ3v) is 3.97. The molecule has 0 radical (unpaired) electrons. The van der Waals surface area contributed by atoms with E-state index in [0.29, 0.717) is 12.1 Å². The van der Waals surface area contributed by atoms with Gasteiger partial charge in [-0.25, -0.2) is 0 Å². The van der Waals surface area contributed by atoms with Gasteiger partial charge in [-0.3, -0.25) is 0 Å². The number of nitrogens with one attached hydrogen (secondary N) is 1. The Hall–Kier alpha value is -1.02. The van der Waals surface area contributed by atoms with Crippen molar-refractivity contribution >= 4 is 0 Å². The van der Waals surface area contributed by atoms with Gasteiger partial charge in [0.2, 0.25) is 0 Å². The van der Waals surface area contributed by atoms with Gasteiger partial charge in [0.05, 0.1) is 7.11 Å². The summed E-state index contributed by atoms with van der Waals surface area (Å²) in [6.45, 7) is 9.07. The molecule has 0 amide bonds. The van der Waals surface area contributed by atoms with Crippen LogP contribution in [-0.4, -0.2) is 13.2 Å². The van der Waals surface area contributed by atoms with Crippen LogP contribution in [0.1, 0.15) is 58.6 Å². The molecule has 1 rings (SSSR count). The Labute approximate surface area is 118 Å². The van der Waals surface area contributed by atoms with Crippen LogP contribution in [0.3, 0.4) is 0 Å². The second-order valence-corrected chi connectivity index (χ2v) is 5.48. The molecule has 2 unspecified atom stereocenters. The predicted molar refractivity (Wildman–Crippen MR) is 82.7 cm³/mol. The molecule has 0 aliphatic carbocycles. The van der Waals surface area contributed by atoms with Gasteiger partial charge in [-0.2, -0.15) is 0 Å². The summed E-state index contributed by atoms with van der Waals surface area (Å²) >= 11 is 0. The number of benzene rings is 1. The summed E-state index contributed by atoms with van der Waals surface area (Å²) in [5.41, 5.74) is 1.24. The van der Waals surface area contributed by atoms with Crippen LogP contribution in [0.2, 0.25) is 0 Å². The highest BCUT2D eigenvalue weighted by Gasteiger charge is 2.16. The van der Waals surface area contributed by atoms with Crippen LogP contribution in [0.5, 0.6) is 5.75 Å². The topological polar surface area (TPSA) is 21.3 Å². The lowest BCUT2D eigenvalue weighted by atomic mass is 9.96. The van der Waals surface area contributed by atoms with E-state index in [1.807, 2.05) is 12.1 Å². The quantitative estimate of drug-likeness (QED) is 0.742. The third-order valence-electron chi connectivity index (χ3n) is 3.97. The van der Waals surface area contributed by atoms with Crippen LogP contribution in [0.4, 0.5) is 0 Å². The summed E-state index contributed by atoms with van der Waals surface area (Å²) in [6.07, 6.45) is 3.66. The van der Waals surface area contributed by atoms with Crippen LogP contribution in [-0.2, 0) is 0 Å². The molecule has 0 fully saturated rings. The highest BCUT2D eigenvalue weighted by Crippen LogP contribution is 2.25. The van der Waals surface area contributed by atoms with Gasteiger partial charge < -0.3 is 10.1 Å². The molecule has 2 heteroatoms. The van der Waals surface area contributed by atoms with E-state index in [2.05, 4.69) is 45.1 Å². The Balaban J connectivity index is 2.68.